The Kier molecular flexibility index (Phi) is 5.15. The Morgan fingerprint density at radius 2 is 2.32 bits per heavy atom. The summed E-state index contributed by atoms with van der Waals surface area (Å²) in [5.74, 6) is -2.54. The lowest BCUT2D eigenvalue weighted by molar-refractivity contribution is -0.120. The van der Waals surface area contributed by atoms with Gasteiger partial charge in [-0.2, -0.15) is 8.78 Å². The average Bonchev–Trinajstić information content (AvgIpc) is 2.39. The summed E-state index contributed by atoms with van der Waals surface area (Å²) >= 11 is 0.478. The first kappa shape index (κ1) is 14.3. The average molecular weight is 286 g/mol. The maximum absolute atomic E-state index is 12.3. The van der Waals surface area contributed by atoms with Crippen molar-refractivity contribution in [3.63, 3.8) is 0 Å². The van der Waals surface area contributed by atoms with Gasteiger partial charge in [0.15, 0.2) is 0 Å². The first-order chi connectivity index (χ1) is 9.15. The highest BCUT2D eigenvalue weighted by atomic mass is 32.2. The Labute approximate surface area is 115 Å². The summed E-state index contributed by atoms with van der Waals surface area (Å²) in [7, 11) is 0. The number of benzene rings is 1. The van der Waals surface area contributed by atoms with Gasteiger partial charge in [0.1, 0.15) is 0 Å². The number of rotatable bonds is 4. The number of piperidine rings is 1. The van der Waals surface area contributed by atoms with Crippen molar-refractivity contribution < 1.29 is 13.6 Å². The molecule has 3 nitrogen and oxygen atoms in total. The Morgan fingerprint density at radius 3 is 3.00 bits per heavy atom. The van der Waals surface area contributed by atoms with E-state index in [1.807, 2.05) is 0 Å². The van der Waals surface area contributed by atoms with Gasteiger partial charge in [0.2, 0.25) is 5.91 Å². The number of amides is 1. The molecule has 6 heteroatoms. The van der Waals surface area contributed by atoms with Gasteiger partial charge in [-0.25, -0.2) is 0 Å². The van der Waals surface area contributed by atoms with Crippen molar-refractivity contribution in [3.8, 4) is 0 Å². The molecule has 2 rings (SSSR count). The van der Waals surface area contributed by atoms with Crippen molar-refractivity contribution in [1.82, 2.24) is 5.32 Å². The Hall–Kier alpha value is -1.14. The highest BCUT2D eigenvalue weighted by Gasteiger charge is 2.20. The molecule has 19 heavy (non-hydrogen) atoms. The van der Waals surface area contributed by atoms with Crippen LogP contribution < -0.4 is 10.6 Å². The second-order valence-corrected chi connectivity index (χ2v) is 5.50. The number of alkyl halides is 2. The minimum Gasteiger partial charge on any atom is -0.326 e. The zero-order valence-corrected chi connectivity index (χ0v) is 11.2. The molecule has 0 bridgehead atoms. The molecule has 1 fully saturated rings. The molecule has 0 saturated carbocycles. The van der Waals surface area contributed by atoms with Crippen LogP contribution in [0.5, 0.6) is 0 Å². The molecule has 0 spiro atoms. The van der Waals surface area contributed by atoms with Gasteiger partial charge in [0.25, 0.3) is 5.76 Å². The Morgan fingerprint density at radius 1 is 1.47 bits per heavy atom. The van der Waals surface area contributed by atoms with Gasteiger partial charge in [0, 0.05) is 17.1 Å². The molecular weight excluding hydrogens is 270 g/mol. The molecule has 1 aromatic rings. The van der Waals surface area contributed by atoms with Crippen LogP contribution in [0.3, 0.4) is 0 Å². The summed E-state index contributed by atoms with van der Waals surface area (Å²) < 4.78 is 24.5. The Bertz CT molecular complexity index is 436. The predicted octanol–water partition coefficient (Wildman–Crippen LogP) is 2.94. The van der Waals surface area contributed by atoms with Gasteiger partial charge in [-0.05, 0) is 37.6 Å². The summed E-state index contributed by atoms with van der Waals surface area (Å²) in [5, 5.41) is 5.96. The molecule has 1 unspecified atom stereocenters. The van der Waals surface area contributed by atoms with Crippen LogP contribution in [-0.4, -0.2) is 24.8 Å². The number of carbonyl (C=O) groups is 1. The fourth-order valence-electron chi connectivity index (χ4n) is 2.07. The zero-order valence-electron chi connectivity index (χ0n) is 10.4. The van der Waals surface area contributed by atoms with E-state index in [-0.39, 0.29) is 11.8 Å². The SMILES string of the molecule is O=C(Nc1cccc(SC(F)F)c1)C1CCCNC1. The molecule has 1 aliphatic rings. The molecule has 1 amide bonds. The largest absolute Gasteiger partial charge is 0.326 e. The molecule has 1 aliphatic heterocycles. The minimum atomic E-state index is -2.45. The zero-order chi connectivity index (χ0) is 13.7. The summed E-state index contributed by atoms with van der Waals surface area (Å²) in [6.45, 7) is 1.63. The lowest BCUT2D eigenvalue weighted by Crippen LogP contribution is -2.37. The van der Waals surface area contributed by atoms with E-state index in [0.29, 0.717) is 28.9 Å². The minimum absolute atomic E-state index is 0.0415. The highest BCUT2D eigenvalue weighted by Crippen LogP contribution is 2.27. The van der Waals surface area contributed by atoms with E-state index in [4.69, 9.17) is 0 Å². The molecule has 1 saturated heterocycles. The Balaban J connectivity index is 1.96. The monoisotopic (exact) mass is 286 g/mol. The first-order valence-corrected chi connectivity index (χ1v) is 7.09. The van der Waals surface area contributed by atoms with Crippen LogP contribution in [0.4, 0.5) is 14.5 Å². The van der Waals surface area contributed by atoms with Crippen LogP contribution in [0.1, 0.15) is 12.8 Å². The van der Waals surface area contributed by atoms with Gasteiger partial charge in [0.05, 0.1) is 5.92 Å². The first-order valence-electron chi connectivity index (χ1n) is 6.21. The van der Waals surface area contributed by atoms with Gasteiger partial charge in [-0.1, -0.05) is 17.8 Å². The molecule has 0 aromatic heterocycles. The summed E-state index contributed by atoms with van der Waals surface area (Å²) in [4.78, 5) is 12.4. The maximum atomic E-state index is 12.3. The lowest BCUT2D eigenvalue weighted by atomic mass is 9.99. The number of halogens is 2. The number of hydrogen-bond acceptors (Lipinski definition) is 3. The van der Waals surface area contributed by atoms with Crippen LogP contribution in [0.2, 0.25) is 0 Å². The van der Waals surface area contributed by atoms with Crippen molar-refractivity contribution in [2.75, 3.05) is 18.4 Å². The number of carbonyl (C=O) groups excluding carboxylic acids is 1. The van der Waals surface area contributed by atoms with Crippen LogP contribution in [0, 0.1) is 5.92 Å². The normalized spacial score (nSPS) is 19.4. The van der Waals surface area contributed by atoms with E-state index in [2.05, 4.69) is 10.6 Å². The molecule has 1 heterocycles. The number of nitrogens with one attached hydrogen (secondary N) is 2. The summed E-state index contributed by atoms with van der Waals surface area (Å²) in [6, 6.07) is 6.56. The molecule has 1 aromatic carbocycles. The van der Waals surface area contributed by atoms with Crippen molar-refractivity contribution in [1.29, 1.82) is 0 Å². The summed E-state index contributed by atoms with van der Waals surface area (Å²) in [5.41, 5.74) is 0.571. The van der Waals surface area contributed by atoms with E-state index >= 15 is 0 Å². The lowest BCUT2D eigenvalue weighted by Gasteiger charge is -2.22. The van der Waals surface area contributed by atoms with E-state index < -0.39 is 5.76 Å². The standard InChI is InChI=1S/C13H16F2N2OS/c14-13(15)19-11-5-1-4-10(7-11)17-12(18)9-3-2-6-16-8-9/h1,4-5,7,9,13,16H,2-3,6,8H2,(H,17,18). The van der Waals surface area contributed by atoms with Gasteiger partial charge >= 0.3 is 0 Å². The van der Waals surface area contributed by atoms with Gasteiger partial charge < -0.3 is 10.6 Å². The third-order valence-corrected chi connectivity index (χ3v) is 3.70. The topological polar surface area (TPSA) is 41.1 Å². The van der Waals surface area contributed by atoms with E-state index in [9.17, 15) is 13.6 Å². The smallest absolute Gasteiger partial charge is 0.288 e. The van der Waals surface area contributed by atoms with Crippen LogP contribution in [0.15, 0.2) is 29.2 Å². The van der Waals surface area contributed by atoms with Crippen LogP contribution in [-0.2, 0) is 4.79 Å². The number of hydrogen-bond donors (Lipinski definition) is 2. The summed E-state index contributed by atoms with van der Waals surface area (Å²) in [6.07, 6.45) is 1.85. The number of anilines is 1. The van der Waals surface area contributed by atoms with Crippen molar-refractivity contribution >= 4 is 23.4 Å². The van der Waals surface area contributed by atoms with E-state index in [1.54, 1.807) is 24.3 Å². The van der Waals surface area contributed by atoms with Crippen molar-refractivity contribution in [3.05, 3.63) is 24.3 Å². The predicted molar refractivity (Wildman–Crippen MR) is 72.5 cm³/mol. The second-order valence-electron chi connectivity index (χ2n) is 4.44. The van der Waals surface area contributed by atoms with Gasteiger partial charge in [-0.3, -0.25) is 4.79 Å². The van der Waals surface area contributed by atoms with E-state index in [0.717, 1.165) is 19.4 Å². The van der Waals surface area contributed by atoms with Crippen LogP contribution >= 0.6 is 11.8 Å². The molecule has 0 radical (unpaired) electrons. The van der Waals surface area contributed by atoms with Gasteiger partial charge in [-0.15, -0.1) is 0 Å². The maximum Gasteiger partial charge on any atom is 0.288 e. The molecule has 2 N–H and O–H groups in total. The third kappa shape index (κ3) is 4.47. The quantitative estimate of drug-likeness (QED) is 0.836. The fraction of sp³-hybridized carbons (Fsp3) is 0.462. The molecule has 0 aliphatic carbocycles. The molecular formula is C13H16F2N2OS. The van der Waals surface area contributed by atoms with Crippen molar-refractivity contribution in [2.45, 2.75) is 23.5 Å². The van der Waals surface area contributed by atoms with Crippen molar-refractivity contribution in [2.24, 2.45) is 5.92 Å². The highest BCUT2D eigenvalue weighted by molar-refractivity contribution is 7.99. The van der Waals surface area contributed by atoms with Crippen LogP contribution in [0.25, 0.3) is 0 Å². The fourth-order valence-corrected chi connectivity index (χ4v) is 2.63. The molecule has 1 atom stereocenters. The molecule has 104 valence electrons. The number of thioether (sulfide) groups is 1. The van der Waals surface area contributed by atoms with E-state index in [1.165, 1.54) is 0 Å². The third-order valence-electron chi connectivity index (χ3n) is 2.99. The second kappa shape index (κ2) is 6.86.